The largest absolute Gasteiger partial charge is 0.737 e. The Morgan fingerprint density at radius 3 is 2.29 bits per heavy atom. The van der Waals surface area contributed by atoms with Crippen LogP contribution in [-0.2, 0) is 14.3 Å². The van der Waals surface area contributed by atoms with Crippen molar-refractivity contribution in [3.63, 3.8) is 0 Å². The maximum atomic E-state index is 16.7. The van der Waals surface area contributed by atoms with Gasteiger partial charge in [0, 0.05) is 40.8 Å². The van der Waals surface area contributed by atoms with Crippen molar-refractivity contribution in [1.29, 1.82) is 0 Å². The summed E-state index contributed by atoms with van der Waals surface area (Å²) in [6.07, 6.45) is 7.29. The number of unbranched alkanes of at least 4 members (excludes halogenated alkanes) is 3. The zero-order chi connectivity index (χ0) is 41.0. The van der Waals surface area contributed by atoms with Crippen LogP contribution in [0.4, 0.5) is 14.3 Å². The van der Waals surface area contributed by atoms with Crippen molar-refractivity contribution in [2.45, 2.75) is 65.6 Å². The number of halogens is 3. The van der Waals surface area contributed by atoms with Gasteiger partial charge in [0.25, 0.3) is 0 Å². The first kappa shape index (κ1) is 39.6. The summed E-state index contributed by atoms with van der Waals surface area (Å²) in [5.41, 5.74) is 6.64. The van der Waals surface area contributed by atoms with E-state index in [9.17, 15) is 9.59 Å². The Morgan fingerprint density at radius 1 is 0.914 bits per heavy atom. The molecule has 4 aliphatic rings. The second-order valence-corrected chi connectivity index (χ2v) is 16.5. The Labute approximate surface area is 346 Å². The van der Waals surface area contributed by atoms with Crippen molar-refractivity contribution in [2.75, 3.05) is 13.2 Å². The Hall–Kier alpha value is -5.20. The number of amides is 2. The van der Waals surface area contributed by atoms with E-state index >= 15 is 8.63 Å². The standard InChI is InChI=1S/C46H46BBrF2N4O4/c1-7-38-41-42(39(8-2)58-38)46(56)52(45(41)55)22-11-9-10-12-23-57-34-20-21-35-32(25-34)14-13-15-37(35)51-26-36-29(5)44-40(31-16-18-33(48)19-17-31)43-27(3)24-28(4)53(43)47(49,50)54(44)30(36)6/h7-8,13-21,24-26,38-39,41-42H,1-2,9-12,22-23H2,3-6H3. The van der Waals surface area contributed by atoms with Gasteiger partial charge < -0.3 is 27.1 Å². The van der Waals surface area contributed by atoms with Crippen molar-refractivity contribution in [2.24, 2.45) is 16.8 Å². The molecule has 5 heterocycles. The van der Waals surface area contributed by atoms with Gasteiger partial charge in [-0.25, -0.2) is 0 Å². The predicted octanol–water partition coefficient (Wildman–Crippen LogP) is 9.90. The van der Waals surface area contributed by atoms with E-state index in [1.165, 1.54) is 13.9 Å². The molecular weight excluding hydrogens is 801 g/mol. The smallest absolute Gasteiger partial charge is 0.494 e. The van der Waals surface area contributed by atoms with E-state index in [1.807, 2.05) is 80.6 Å². The molecule has 0 spiro atoms. The third kappa shape index (κ3) is 6.54. The third-order valence-electron chi connectivity index (χ3n) is 12.1. The summed E-state index contributed by atoms with van der Waals surface area (Å²) in [5, 5.41) is 1.88. The van der Waals surface area contributed by atoms with Gasteiger partial charge in [0.05, 0.1) is 47.5 Å². The first-order valence-corrected chi connectivity index (χ1v) is 20.7. The molecule has 2 amide bonds. The molecule has 4 unspecified atom stereocenters. The first-order valence-electron chi connectivity index (χ1n) is 19.9. The van der Waals surface area contributed by atoms with Gasteiger partial charge in [0.1, 0.15) is 11.5 Å². The summed E-state index contributed by atoms with van der Waals surface area (Å²) in [4.78, 5) is 32.4. The van der Waals surface area contributed by atoms with E-state index in [1.54, 1.807) is 32.2 Å². The number of hydrogen-bond donors (Lipinski definition) is 0. The van der Waals surface area contributed by atoms with Crippen LogP contribution in [0.3, 0.4) is 0 Å². The van der Waals surface area contributed by atoms with Crippen LogP contribution in [-0.4, -0.2) is 69.9 Å². The monoisotopic (exact) mass is 846 g/mol. The number of carbonyl (C=O) groups excluding carboxylic acids is 2. The highest BCUT2D eigenvalue weighted by molar-refractivity contribution is 9.10. The molecule has 8 rings (SSSR count). The number of aryl methyl sites for hydroxylation is 2. The SMILES string of the molecule is C=CC1OC(C=C)C2C(=O)N(CCCCCCOc3ccc4c(N=CC5=C(C)C6=C(c7ccc(Br)cc7)c7c(C)cc(C)n7[B-](F)(F)[N+]6=C5C)cccc4c3)C(=O)C12. The maximum absolute atomic E-state index is 16.7. The fraction of sp³-hybridized carbons (Fsp3) is 0.304. The molecule has 0 radical (unpaired) electrons. The molecule has 0 bridgehead atoms. The van der Waals surface area contributed by atoms with Crippen molar-refractivity contribution in [1.82, 2.24) is 9.38 Å². The number of benzene rings is 3. The summed E-state index contributed by atoms with van der Waals surface area (Å²) >= 11 is 3.52. The second-order valence-electron chi connectivity index (χ2n) is 15.6. The zero-order valence-electron chi connectivity index (χ0n) is 33.2. The van der Waals surface area contributed by atoms with Crippen molar-refractivity contribution >= 4 is 68.7 Å². The van der Waals surface area contributed by atoms with Gasteiger partial charge in [-0.05, 0) is 98.3 Å². The van der Waals surface area contributed by atoms with Gasteiger partial charge >= 0.3 is 6.97 Å². The highest BCUT2D eigenvalue weighted by Gasteiger charge is 2.58. The summed E-state index contributed by atoms with van der Waals surface area (Å²) in [7, 11) is 0. The number of imide groups is 1. The lowest BCUT2D eigenvalue weighted by molar-refractivity contribution is -0.363. The molecule has 0 saturated carbocycles. The quantitative estimate of drug-likeness (QED) is 0.0442. The number of allylic oxidation sites excluding steroid dienone is 2. The summed E-state index contributed by atoms with van der Waals surface area (Å²) in [6, 6.07) is 21.4. The van der Waals surface area contributed by atoms with E-state index in [0.717, 1.165) is 74.6 Å². The molecule has 4 atom stereocenters. The Bertz CT molecular complexity index is 2490. The van der Waals surface area contributed by atoms with Crippen LogP contribution in [0.5, 0.6) is 5.75 Å². The minimum atomic E-state index is -4.17. The topological polar surface area (TPSA) is 76.1 Å². The Morgan fingerprint density at radius 2 is 1.60 bits per heavy atom. The minimum Gasteiger partial charge on any atom is -0.494 e. The first-order chi connectivity index (χ1) is 27.9. The van der Waals surface area contributed by atoms with Crippen molar-refractivity contribution in [3.8, 4) is 5.75 Å². The van der Waals surface area contributed by atoms with Gasteiger partial charge in [-0.2, -0.15) is 0 Å². The number of nitrogens with zero attached hydrogens (tertiary/aromatic N) is 4. The van der Waals surface area contributed by atoms with Gasteiger partial charge in [-0.15, -0.1) is 13.2 Å². The van der Waals surface area contributed by atoms with Crippen LogP contribution in [0, 0.1) is 25.7 Å². The van der Waals surface area contributed by atoms with Gasteiger partial charge in [-0.1, -0.05) is 65.2 Å². The minimum absolute atomic E-state index is 0.178. The average molecular weight is 848 g/mol. The van der Waals surface area contributed by atoms with Crippen LogP contribution in [0.1, 0.15) is 62.0 Å². The number of hydrogen-bond acceptors (Lipinski definition) is 5. The summed E-state index contributed by atoms with van der Waals surface area (Å²) < 4.78 is 48.6. The maximum Gasteiger partial charge on any atom is 0.737 e. The second kappa shape index (κ2) is 15.5. The van der Waals surface area contributed by atoms with E-state index in [0.29, 0.717) is 41.5 Å². The fourth-order valence-electron chi connectivity index (χ4n) is 9.35. The fourth-order valence-corrected chi connectivity index (χ4v) is 9.62. The third-order valence-corrected chi connectivity index (χ3v) is 12.6. The van der Waals surface area contributed by atoms with Gasteiger partial charge in [-0.3, -0.25) is 19.5 Å². The van der Waals surface area contributed by atoms with Crippen LogP contribution >= 0.6 is 15.9 Å². The number of fused-ring (bicyclic) bond motifs is 4. The summed E-state index contributed by atoms with van der Waals surface area (Å²) in [6.45, 7) is 11.6. The lowest BCUT2D eigenvalue weighted by Gasteiger charge is -2.34. The lowest BCUT2D eigenvalue weighted by Crippen LogP contribution is -2.51. The molecule has 3 aromatic carbocycles. The van der Waals surface area contributed by atoms with Crippen molar-refractivity contribution < 1.29 is 32.2 Å². The van der Waals surface area contributed by atoms with E-state index < -0.39 is 31.0 Å². The molecule has 2 fully saturated rings. The van der Waals surface area contributed by atoms with E-state index in [4.69, 9.17) is 14.5 Å². The molecule has 1 aromatic heterocycles. The molecular formula is C46H46BBrF2N4O4. The average Bonchev–Trinajstić information content (AvgIpc) is 3.89. The van der Waals surface area contributed by atoms with Crippen molar-refractivity contribution in [3.05, 3.63) is 136 Å². The molecule has 0 aliphatic carbocycles. The van der Waals surface area contributed by atoms with Crippen LogP contribution in [0.2, 0.25) is 0 Å². The number of aromatic nitrogens is 1. The van der Waals surface area contributed by atoms with Crippen LogP contribution < -0.4 is 4.74 Å². The number of aliphatic imine (C=N–C) groups is 1. The molecule has 12 heteroatoms. The number of likely N-dealkylation sites (tertiary alicyclic amines) is 1. The normalized spacial score (nSPS) is 22.4. The Kier molecular flexibility index (Phi) is 10.6. The molecule has 4 aromatic rings. The van der Waals surface area contributed by atoms with Gasteiger partial charge in [0.2, 0.25) is 11.8 Å². The Balaban J connectivity index is 0.940. The molecule has 298 valence electrons. The molecule has 58 heavy (non-hydrogen) atoms. The highest BCUT2D eigenvalue weighted by atomic mass is 79.9. The number of carbonyl (C=O) groups is 2. The van der Waals surface area contributed by atoms with E-state index in [2.05, 4.69) is 29.1 Å². The lowest BCUT2D eigenvalue weighted by atomic mass is 9.84. The molecule has 2 saturated heterocycles. The number of ether oxygens (including phenoxy) is 2. The molecule has 8 nitrogen and oxygen atoms in total. The van der Waals surface area contributed by atoms with Crippen LogP contribution in [0.15, 0.2) is 118 Å². The van der Waals surface area contributed by atoms with Crippen LogP contribution in [0.25, 0.3) is 16.3 Å². The molecule has 4 aliphatic heterocycles. The predicted molar refractivity (Wildman–Crippen MR) is 230 cm³/mol. The number of rotatable bonds is 13. The molecule has 0 N–H and O–H groups in total. The summed E-state index contributed by atoms with van der Waals surface area (Å²) in [5.74, 6) is -0.641. The van der Waals surface area contributed by atoms with Gasteiger partial charge in [0.15, 0.2) is 5.70 Å². The highest BCUT2D eigenvalue weighted by Crippen LogP contribution is 2.46. The van der Waals surface area contributed by atoms with E-state index in [-0.39, 0.29) is 11.8 Å². The zero-order valence-corrected chi connectivity index (χ0v) is 34.8.